The summed E-state index contributed by atoms with van der Waals surface area (Å²) in [5.41, 5.74) is 0.311. The molecule has 0 radical (unpaired) electrons. The highest BCUT2D eigenvalue weighted by molar-refractivity contribution is 6.31. The minimum absolute atomic E-state index is 0.113. The number of hydrogen-bond donors (Lipinski definition) is 2. The van der Waals surface area contributed by atoms with Gasteiger partial charge >= 0.3 is 11.7 Å². The molecule has 0 spiro atoms. The molecule has 36 heavy (non-hydrogen) atoms. The second-order valence-electron chi connectivity index (χ2n) is 8.72. The van der Waals surface area contributed by atoms with Gasteiger partial charge in [-0.1, -0.05) is 29.8 Å². The van der Waals surface area contributed by atoms with Gasteiger partial charge in [0.05, 0.1) is 33.1 Å². The van der Waals surface area contributed by atoms with Crippen LogP contribution >= 0.6 is 11.6 Å². The Labute approximate surface area is 206 Å². The number of benzene rings is 3. The number of nitrogens with one attached hydrogen (secondary N) is 1. The molecule has 2 aliphatic rings. The zero-order valence-electron chi connectivity index (χ0n) is 18.4. The summed E-state index contributed by atoms with van der Waals surface area (Å²) < 4.78 is 16.1. The lowest BCUT2D eigenvalue weighted by Crippen LogP contribution is -2.40. The lowest BCUT2D eigenvalue weighted by atomic mass is 10.1. The molecule has 10 nitrogen and oxygen atoms in total. The van der Waals surface area contributed by atoms with Gasteiger partial charge in [0.1, 0.15) is 11.5 Å². The van der Waals surface area contributed by atoms with Crippen molar-refractivity contribution >= 4 is 39.8 Å². The summed E-state index contributed by atoms with van der Waals surface area (Å²) in [5.74, 6) is -0.933. The number of hydrogen-bond acceptors (Lipinski definition) is 5. The van der Waals surface area contributed by atoms with Crippen molar-refractivity contribution in [1.82, 2.24) is 14.0 Å². The second-order valence-corrected chi connectivity index (χ2v) is 9.13. The Morgan fingerprint density at radius 2 is 1.92 bits per heavy atom. The number of aromatic hydroxyl groups is 1. The molecule has 1 aromatic heterocycles. The van der Waals surface area contributed by atoms with Crippen LogP contribution in [0.15, 0.2) is 59.4 Å². The van der Waals surface area contributed by atoms with Crippen molar-refractivity contribution in [2.45, 2.75) is 18.5 Å². The average Bonchev–Trinajstić information content (AvgIpc) is 3.52. The van der Waals surface area contributed by atoms with E-state index in [9.17, 15) is 29.2 Å². The van der Waals surface area contributed by atoms with Crippen LogP contribution < -0.4 is 11.0 Å². The molecule has 2 N–H and O–H groups in total. The molecule has 182 valence electrons. The SMILES string of the molecule is O=C(Nc1ccc(F)c(Cl)c1)N1C[C@@H]2C[C@H]1c1c(O)n(-c3ccc([N+](=O)[O-])c4ccccc34)c(=O)n12. The van der Waals surface area contributed by atoms with Crippen LogP contribution in [-0.2, 0) is 0 Å². The summed E-state index contributed by atoms with van der Waals surface area (Å²) in [6.07, 6.45) is 0.456. The molecule has 2 bridgehead atoms. The number of amides is 2. The van der Waals surface area contributed by atoms with Crippen LogP contribution in [0, 0.1) is 15.9 Å². The van der Waals surface area contributed by atoms with Crippen molar-refractivity contribution in [1.29, 1.82) is 0 Å². The average molecular weight is 510 g/mol. The third-order valence-electron chi connectivity index (χ3n) is 6.80. The Kier molecular flexibility index (Phi) is 4.80. The fraction of sp³-hybridized carbons (Fsp3) is 0.167. The van der Waals surface area contributed by atoms with E-state index in [2.05, 4.69) is 5.32 Å². The Balaban J connectivity index is 1.40. The number of nitro benzene ring substituents is 1. The molecule has 6 rings (SSSR count). The van der Waals surface area contributed by atoms with E-state index in [4.69, 9.17) is 11.6 Å². The number of nitro groups is 1. The highest BCUT2D eigenvalue weighted by atomic mass is 35.5. The van der Waals surface area contributed by atoms with Crippen LogP contribution in [-0.4, -0.2) is 36.6 Å². The maximum atomic E-state index is 13.5. The standard InChI is InChI=1S/C24H17ClFN5O5/c25-16-9-12(5-6-17(16)26)27-23(33)28-11-13-10-20(28)21-22(32)30(24(34)29(13)21)18-7-8-19(31(35)36)15-4-2-1-3-14(15)18/h1-9,13,20,32H,10-11H2,(H,27,33)/t13-,20-/m0/s1. The molecule has 1 saturated heterocycles. The minimum Gasteiger partial charge on any atom is -0.493 e. The highest BCUT2D eigenvalue weighted by Crippen LogP contribution is 2.49. The summed E-state index contributed by atoms with van der Waals surface area (Å²) in [5, 5.41) is 26.0. The van der Waals surface area contributed by atoms with Crippen molar-refractivity contribution in [3.63, 3.8) is 0 Å². The van der Waals surface area contributed by atoms with Crippen molar-refractivity contribution in [3.05, 3.63) is 91.7 Å². The second kappa shape index (κ2) is 7.82. The number of urea groups is 1. The number of carbonyl (C=O) groups is 1. The maximum Gasteiger partial charge on any atom is 0.336 e. The summed E-state index contributed by atoms with van der Waals surface area (Å²) >= 11 is 5.80. The third kappa shape index (κ3) is 3.09. The molecule has 3 aromatic carbocycles. The number of non-ortho nitro benzene ring substituents is 1. The number of anilines is 1. The number of rotatable bonds is 3. The Bertz CT molecular complexity index is 1660. The highest BCUT2D eigenvalue weighted by Gasteiger charge is 2.49. The molecule has 2 amide bonds. The van der Waals surface area contributed by atoms with E-state index < -0.39 is 28.5 Å². The zero-order chi connectivity index (χ0) is 25.3. The van der Waals surface area contributed by atoms with E-state index >= 15 is 0 Å². The molecule has 2 atom stereocenters. The molecule has 3 heterocycles. The van der Waals surface area contributed by atoms with Gasteiger partial charge in [0.25, 0.3) is 5.69 Å². The molecular weight excluding hydrogens is 493 g/mol. The summed E-state index contributed by atoms with van der Waals surface area (Å²) in [6, 6.07) is 11.8. The van der Waals surface area contributed by atoms with Crippen LogP contribution in [0.1, 0.15) is 24.2 Å². The van der Waals surface area contributed by atoms with Crippen molar-refractivity contribution in [3.8, 4) is 11.6 Å². The lowest BCUT2D eigenvalue weighted by molar-refractivity contribution is -0.383. The number of fused-ring (bicyclic) bond motifs is 6. The van der Waals surface area contributed by atoms with Crippen LogP contribution in [0.2, 0.25) is 5.02 Å². The van der Waals surface area contributed by atoms with Gasteiger partial charge in [-0.3, -0.25) is 14.7 Å². The minimum atomic E-state index is -0.607. The largest absolute Gasteiger partial charge is 0.493 e. The summed E-state index contributed by atoms with van der Waals surface area (Å²) in [7, 11) is 0. The number of aromatic nitrogens is 2. The first-order chi connectivity index (χ1) is 17.3. The maximum absolute atomic E-state index is 13.5. The van der Waals surface area contributed by atoms with Crippen LogP contribution in [0.4, 0.5) is 20.6 Å². The third-order valence-corrected chi connectivity index (χ3v) is 7.09. The van der Waals surface area contributed by atoms with E-state index in [-0.39, 0.29) is 29.2 Å². The normalized spacial score (nSPS) is 18.0. The number of nitrogens with zero attached hydrogens (tertiary/aromatic N) is 4. The molecule has 12 heteroatoms. The number of imidazole rings is 1. The first kappa shape index (κ1) is 22.1. The predicted octanol–water partition coefficient (Wildman–Crippen LogP) is 4.73. The number of likely N-dealkylation sites (tertiary alicyclic amines) is 1. The Hall–Kier alpha value is -4.38. The van der Waals surface area contributed by atoms with Gasteiger partial charge in [-0.05, 0) is 36.8 Å². The summed E-state index contributed by atoms with van der Waals surface area (Å²) in [6.45, 7) is 0.239. The smallest absolute Gasteiger partial charge is 0.336 e. The van der Waals surface area contributed by atoms with E-state index in [1.165, 1.54) is 33.7 Å². The summed E-state index contributed by atoms with van der Waals surface area (Å²) in [4.78, 5) is 38.9. The fourth-order valence-electron chi connectivity index (χ4n) is 5.28. The van der Waals surface area contributed by atoms with Gasteiger partial charge in [0.15, 0.2) is 0 Å². The van der Waals surface area contributed by atoms with Crippen LogP contribution in [0.5, 0.6) is 5.88 Å². The number of halogens is 2. The Morgan fingerprint density at radius 3 is 2.64 bits per heavy atom. The molecular formula is C24H17ClFN5O5. The molecule has 4 aromatic rings. The Morgan fingerprint density at radius 1 is 1.17 bits per heavy atom. The first-order valence-electron chi connectivity index (χ1n) is 11.0. The van der Waals surface area contributed by atoms with Crippen LogP contribution in [0.3, 0.4) is 0 Å². The molecule has 0 saturated carbocycles. The van der Waals surface area contributed by atoms with Gasteiger partial charge in [-0.25, -0.2) is 18.5 Å². The van der Waals surface area contributed by atoms with Crippen LogP contribution in [0.25, 0.3) is 16.5 Å². The monoisotopic (exact) mass is 509 g/mol. The molecule has 0 aliphatic carbocycles. The van der Waals surface area contributed by atoms with E-state index in [1.807, 2.05) is 0 Å². The lowest BCUT2D eigenvalue weighted by Gasteiger charge is -2.27. The topological polar surface area (TPSA) is 123 Å². The van der Waals surface area contributed by atoms with Gasteiger partial charge in [0, 0.05) is 23.7 Å². The first-order valence-corrected chi connectivity index (χ1v) is 11.4. The number of carbonyl (C=O) groups excluding carboxylic acids is 1. The van der Waals surface area contributed by atoms with E-state index in [0.717, 1.165) is 10.6 Å². The predicted molar refractivity (Wildman–Crippen MR) is 129 cm³/mol. The molecule has 0 unspecified atom stereocenters. The quantitative estimate of drug-likeness (QED) is 0.305. The van der Waals surface area contributed by atoms with E-state index in [0.29, 0.717) is 34.3 Å². The van der Waals surface area contributed by atoms with Crippen molar-refractivity contribution < 1.29 is 19.2 Å². The van der Waals surface area contributed by atoms with Crippen molar-refractivity contribution in [2.24, 2.45) is 0 Å². The van der Waals surface area contributed by atoms with Crippen molar-refractivity contribution in [2.75, 3.05) is 11.9 Å². The van der Waals surface area contributed by atoms with Gasteiger partial charge < -0.3 is 15.3 Å². The van der Waals surface area contributed by atoms with E-state index in [1.54, 1.807) is 24.3 Å². The molecule has 2 aliphatic heterocycles. The fourth-order valence-corrected chi connectivity index (χ4v) is 5.46. The van der Waals surface area contributed by atoms with Gasteiger partial charge in [-0.15, -0.1) is 0 Å². The zero-order valence-corrected chi connectivity index (χ0v) is 19.1. The van der Waals surface area contributed by atoms with Gasteiger partial charge in [-0.2, -0.15) is 0 Å². The van der Waals surface area contributed by atoms with Gasteiger partial charge in [0.2, 0.25) is 5.88 Å². The molecule has 1 fully saturated rings.